The number of ether oxygens (including phenoxy) is 1. The zero-order valence-electron chi connectivity index (χ0n) is 15.3. The first-order valence-corrected chi connectivity index (χ1v) is 9.56. The Bertz CT molecular complexity index is 1090. The standard InChI is InChI=1S/C21H15F3N2O2S/c1-28-16-7-5-14(6-8-16)18-10-17-19(29-18)20(27)26(12-25-17)11-13-3-2-4-15(9-13)21(22,23)24/h2-10,12H,11H2,1H3/p+1. The third-order valence-corrected chi connectivity index (χ3v) is 5.77. The second-order valence-corrected chi connectivity index (χ2v) is 7.59. The summed E-state index contributed by atoms with van der Waals surface area (Å²) < 4.78 is 43.9. The van der Waals surface area contributed by atoms with E-state index >= 15 is 0 Å². The zero-order chi connectivity index (χ0) is 20.6. The van der Waals surface area contributed by atoms with Crippen molar-refractivity contribution in [2.75, 3.05) is 7.11 Å². The van der Waals surface area contributed by atoms with E-state index in [2.05, 4.69) is 4.99 Å². The molecule has 1 aliphatic heterocycles. The second-order valence-electron chi connectivity index (χ2n) is 6.54. The van der Waals surface area contributed by atoms with E-state index in [0.717, 1.165) is 28.3 Å². The number of thiophene rings is 1. The molecule has 1 aromatic heterocycles. The number of hydrogen-bond donors (Lipinski definition) is 1. The fourth-order valence-electron chi connectivity index (χ4n) is 3.09. The number of carbonyl (C=O) groups is 1. The van der Waals surface area contributed by atoms with Crippen molar-refractivity contribution in [1.29, 1.82) is 0 Å². The third kappa shape index (κ3) is 3.94. The number of fused-ring (bicyclic) bond motifs is 1. The van der Waals surface area contributed by atoms with Crippen LogP contribution in [0.3, 0.4) is 0 Å². The molecule has 1 unspecified atom stereocenters. The van der Waals surface area contributed by atoms with E-state index in [9.17, 15) is 18.0 Å². The first-order chi connectivity index (χ1) is 13.8. The van der Waals surface area contributed by atoms with Crippen molar-refractivity contribution >= 4 is 29.3 Å². The van der Waals surface area contributed by atoms with Crippen LogP contribution in [0.5, 0.6) is 5.75 Å². The monoisotopic (exact) mass is 417 g/mol. The summed E-state index contributed by atoms with van der Waals surface area (Å²) >= 11 is 1.33. The maximum atomic E-state index is 12.9. The highest BCUT2D eigenvalue weighted by atomic mass is 32.1. The van der Waals surface area contributed by atoms with E-state index in [1.165, 1.54) is 23.7 Å². The van der Waals surface area contributed by atoms with Crippen LogP contribution in [0.1, 0.15) is 20.8 Å². The molecule has 8 heteroatoms. The molecule has 1 N–H and O–H groups in total. The molecule has 4 nitrogen and oxygen atoms in total. The number of halogens is 3. The van der Waals surface area contributed by atoms with Crippen molar-refractivity contribution in [3.63, 3.8) is 0 Å². The van der Waals surface area contributed by atoms with Crippen molar-refractivity contribution in [2.45, 2.75) is 12.7 Å². The van der Waals surface area contributed by atoms with Gasteiger partial charge in [0.05, 0.1) is 18.4 Å². The molecule has 3 aromatic rings. The van der Waals surface area contributed by atoms with Gasteiger partial charge in [0, 0.05) is 10.4 Å². The lowest BCUT2D eigenvalue weighted by molar-refractivity contribution is -0.721. The Morgan fingerprint density at radius 1 is 1.10 bits per heavy atom. The van der Waals surface area contributed by atoms with Gasteiger partial charge in [-0.05, 0) is 48.0 Å². The Morgan fingerprint density at radius 2 is 1.86 bits per heavy atom. The molecule has 0 spiro atoms. The molecule has 2 heterocycles. The van der Waals surface area contributed by atoms with Crippen molar-refractivity contribution in [3.05, 3.63) is 70.6 Å². The number of nitrogens with zero attached hydrogens (tertiary/aromatic N) is 1. The number of rotatable bonds is 4. The van der Waals surface area contributed by atoms with E-state index in [1.54, 1.807) is 13.2 Å². The fraction of sp³-hybridized carbons (Fsp3) is 0.143. The molecular weight excluding hydrogens is 401 g/mol. The van der Waals surface area contributed by atoms with Crippen LogP contribution in [0.2, 0.25) is 0 Å². The van der Waals surface area contributed by atoms with E-state index in [1.807, 2.05) is 30.3 Å². The summed E-state index contributed by atoms with van der Waals surface area (Å²) in [5, 5.41) is 0. The summed E-state index contributed by atoms with van der Waals surface area (Å²) in [6, 6.07) is 14.3. The number of methoxy groups -OCH3 is 1. The van der Waals surface area contributed by atoms with Crippen LogP contribution < -0.4 is 9.64 Å². The Hall–Kier alpha value is -2.97. The van der Waals surface area contributed by atoms with Gasteiger partial charge in [-0.1, -0.05) is 12.1 Å². The van der Waals surface area contributed by atoms with Gasteiger partial charge in [-0.3, -0.25) is 0 Å². The lowest BCUT2D eigenvalue weighted by atomic mass is 10.1. The van der Waals surface area contributed by atoms with Crippen LogP contribution in [0, 0.1) is 0 Å². The molecule has 0 saturated heterocycles. The molecule has 4 rings (SSSR count). The topological polar surface area (TPSA) is 43.1 Å². The molecule has 1 amide bonds. The van der Waals surface area contributed by atoms with Gasteiger partial charge in [0.15, 0.2) is 11.2 Å². The summed E-state index contributed by atoms with van der Waals surface area (Å²) in [4.78, 5) is 19.0. The van der Waals surface area contributed by atoms with Crippen LogP contribution in [-0.4, -0.2) is 19.4 Å². The zero-order valence-corrected chi connectivity index (χ0v) is 16.1. The van der Waals surface area contributed by atoms with Crippen molar-refractivity contribution in [3.8, 4) is 16.2 Å². The number of alkyl halides is 3. The summed E-state index contributed by atoms with van der Waals surface area (Å²) in [5.74, 6) is 0.540. The predicted molar refractivity (Wildman–Crippen MR) is 105 cm³/mol. The maximum Gasteiger partial charge on any atom is 0.416 e. The summed E-state index contributed by atoms with van der Waals surface area (Å²) in [6.45, 7) is 0.0987. The lowest BCUT2D eigenvalue weighted by Crippen LogP contribution is -3.12. The Kier molecular flexibility index (Phi) is 4.97. The van der Waals surface area contributed by atoms with Crippen LogP contribution in [0.25, 0.3) is 10.4 Å². The molecule has 29 heavy (non-hydrogen) atoms. The van der Waals surface area contributed by atoms with Crippen LogP contribution in [0.15, 0.2) is 59.6 Å². The van der Waals surface area contributed by atoms with Crippen LogP contribution >= 0.6 is 11.3 Å². The smallest absolute Gasteiger partial charge is 0.416 e. The molecule has 0 aliphatic carbocycles. The molecule has 0 bridgehead atoms. The first kappa shape index (κ1) is 19.4. The maximum absolute atomic E-state index is 12.9. The summed E-state index contributed by atoms with van der Waals surface area (Å²) in [6.07, 6.45) is -2.96. The first-order valence-electron chi connectivity index (χ1n) is 8.74. The van der Waals surface area contributed by atoms with Crippen molar-refractivity contribution in [1.82, 2.24) is 0 Å². The van der Waals surface area contributed by atoms with Gasteiger partial charge in [0.25, 0.3) is 0 Å². The van der Waals surface area contributed by atoms with Crippen LogP contribution in [-0.2, 0) is 12.7 Å². The highest BCUT2D eigenvalue weighted by Crippen LogP contribution is 2.37. The molecule has 2 aromatic carbocycles. The minimum atomic E-state index is -4.42. The minimum Gasteiger partial charge on any atom is -0.497 e. The summed E-state index contributed by atoms with van der Waals surface area (Å²) in [5.41, 5.74) is 1.21. The number of benzene rings is 2. The van der Waals surface area contributed by atoms with Gasteiger partial charge in [-0.2, -0.15) is 13.2 Å². The van der Waals surface area contributed by atoms with Gasteiger partial charge < -0.3 is 4.74 Å². The molecule has 1 aliphatic rings. The number of hydrogen-bond acceptors (Lipinski definition) is 4. The normalized spacial score (nSPS) is 16.0. The average molecular weight is 417 g/mol. The number of aliphatic imine (C=N–C) groups is 1. The molecule has 1 atom stereocenters. The highest BCUT2D eigenvalue weighted by molar-refractivity contribution is 7.18. The van der Waals surface area contributed by atoms with E-state index < -0.39 is 11.7 Å². The van der Waals surface area contributed by atoms with Gasteiger partial charge in [0.2, 0.25) is 0 Å². The average Bonchev–Trinajstić information content (AvgIpc) is 3.15. The third-order valence-electron chi connectivity index (χ3n) is 4.59. The molecule has 148 valence electrons. The van der Waals surface area contributed by atoms with Crippen molar-refractivity contribution in [2.24, 2.45) is 4.99 Å². The molecule has 0 saturated carbocycles. The fourth-order valence-corrected chi connectivity index (χ4v) is 4.18. The van der Waals surface area contributed by atoms with Gasteiger partial charge in [-0.15, -0.1) is 11.3 Å². The van der Waals surface area contributed by atoms with E-state index in [4.69, 9.17) is 4.74 Å². The lowest BCUT2D eigenvalue weighted by Gasteiger charge is -2.15. The van der Waals surface area contributed by atoms with Gasteiger partial charge in [-0.25, -0.2) is 14.7 Å². The summed E-state index contributed by atoms with van der Waals surface area (Å²) in [7, 11) is 1.59. The van der Waals surface area contributed by atoms with Crippen molar-refractivity contribution < 1.29 is 27.6 Å². The number of carbonyl (C=O) groups excluding carboxylic acids is 1. The van der Waals surface area contributed by atoms with E-state index in [-0.39, 0.29) is 12.5 Å². The predicted octanol–water partition coefficient (Wildman–Crippen LogP) is 4.34. The SMILES string of the molecule is COc1ccc(-c2cc3c(s2)C(=O)[NH+](Cc2cccc(C(F)(F)F)c2)C=N3)cc1. The van der Waals surface area contributed by atoms with Gasteiger partial charge in [0.1, 0.15) is 12.3 Å². The van der Waals surface area contributed by atoms with Crippen LogP contribution in [0.4, 0.5) is 18.9 Å². The Labute approximate surface area is 168 Å². The number of nitrogens with one attached hydrogen (secondary N) is 1. The largest absolute Gasteiger partial charge is 0.497 e. The Morgan fingerprint density at radius 3 is 2.55 bits per heavy atom. The van der Waals surface area contributed by atoms with E-state index in [0.29, 0.717) is 21.0 Å². The molecule has 0 radical (unpaired) electrons. The Balaban J connectivity index is 1.56. The van der Waals surface area contributed by atoms with Gasteiger partial charge >= 0.3 is 12.1 Å². The highest BCUT2D eigenvalue weighted by Gasteiger charge is 2.33. The second kappa shape index (κ2) is 7.46. The minimum absolute atomic E-state index is 0.0987. The number of amides is 1. The quantitative estimate of drug-likeness (QED) is 0.686. The number of quaternary nitrogens is 1. The molecular formula is C21H16F3N2O2S+. The molecule has 0 fully saturated rings.